The molecule has 0 atom stereocenters. The van der Waals surface area contributed by atoms with Crippen LogP contribution in [0.25, 0.3) is 17.2 Å². The van der Waals surface area contributed by atoms with E-state index in [0.29, 0.717) is 30.2 Å². The van der Waals surface area contributed by atoms with Crippen molar-refractivity contribution in [2.75, 3.05) is 18.0 Å². The van der Waals surface area contributed by atoms with Gasteiger partial charge in [-0.2, -0.15) is 25.8 Å². The smallest absolute Gasteiger partial charge is 0.352 e. The topological polar surface area (TPSA) is 83.1 Å². The van der Waals surface area contributed by atoms with Crippen LogP contribution in [0.2, 0.25) is 0 Å². The Hall–Kier alpha value is -3.21. The Morgan fingerprint density at radius 1 is 1.20 bits per heavy atom. The van der Waals surface area contributed by atoms with Crippen LogP contribution in [0.4, 0.5) is 19.0 Å². The number of imidazole rings is 1. The molecular formula is C19H16F3N7S. The molecule has 4 rings (SSSR count). The Bertz CT molecular complexity index is 1170. The molecule has 0 bridgehead atoms. The number of halogens is 3. The zero-order chi connectivity index (χ0) is 21.3. The summed E-state index contributed by atoms with van der Waals surface area (Å²) in [6, 6.07) is 1.74. The fourth-order valence-electron chi connectivity index (χ4n) is 3.21. The van der Waals surface area contributed by atoms with Gasteiger partial charge in [-0.25, -0.2) is 19.9 Å². The molecule has 0 amide bonds. The number of alkyl halides is 3. The van der Waals surface area contributed by atoms with Crippen LogP contribution in [0.3, 0.4) is 0 Å². The summed E-state index contributed by atoms with van der Waals surface area (Å²) >= 11 is 4.15. The highest BCUT2D eigenvalue weighted by atomic mass is 32.1. The Labute approximate surface area is 174 Å². The number of anilines is 1. The van der Waals surface area contributed by atoms with E-state index in [-0.39, 0.29) is 11.5 Å². The van der Waals surface area contributed by atoms with Crippen LogP contribution in [0, 0.1) is 5.41 Å². The molecule has 1 aliphatic heterocycles. The van der Waals surface area contributed by atoms with Crippen molar-refractivity contribution in [3.63, 3.8) is 0 Å². The average molecular weight is 431 g/mol. The predicted octanol–water partition coefficient (Wildman–Crippen LogP) is 3.80. The zero-order valence-electron chi connectivity index (χ0n) is 15.5. The number of rotatable bonds is 4. The summed E-state index contributed by atoms with van der Waals surface area (Å²) in [6.07, 6.45) is 4.46. The van der Waals surface area contributed by atoms with Gasteiger partial charge in [0.1, 0.15) is 11.5 Å². The number of nitrogens with one attached hydrogen (secondary N) is 1. The number of thiol groups is 1. The Balaban J connectivity index is 1.69. The van der Waals surface area contributed by atoms with Crippen LogP contribution < -0.4 is 4.90 Å². The average Bonchev–Trinajstić information content (AvgIpc) is 3.18. The molecule has 0 saturated heterocycles. The first kappa shape index (κ1) is 20.1. The maximum atomic E-state index is 13.1. The van der Waals surface area contributed by atoms with E-state index in [0.717, 1.165) is 24.4 Å². The molecular weight excluding hydrogens is 415 g/mol. The van der Waals surface area contributed by atoms with Crippen molar-refractivity contribution in [1.29, 1.82) is 5.41 Å². The van der Waals surface area contributed by atoms with Crippen molar-refractivity contribution >= 4 is 30.3 Å². The first-order valence-corrected chi connectivity index (χ1v) is 9.45. The second-order valence-corrected chi connectivity index (χ2v) is 6.81. The Kier molecular flexibility index (Phi) is 5.29. The molecule has 0 fully saturated rings. The van der Waals surface area contributed by atoms with Gasteiger partial charge >= 0.3 is 6.18 Å². The van der Waals surface area contributed by atoms with E-state index in [2.05, 4.69) is 38.6 Å². The van der Waals surface area contributed by atoms with Crippen molar-refractivity contribution < 1.29 is 13.2 Å². The number of aromatic nitrogens is 5. The lowest BCUT2D eigenvalue weighted by Gasteiger charge is -2.28. The fourth-order valence-corrected chi connectivity index (χ4v) is 3.45. The van der Waals surface area contributed by atoms with Gasteiger partial charge in [-0.15, -0.1) is 0 Å². The number of hydrogen-bond acceptors (Lipinski definition) is 7. The second kappa shape index (κ2) is 7.90. The van der Waals surface area contributed by atoms with Gasteiger partial charge in [0, 0.05) is 37.3 Å². The van der Waals surface area contributed by atoms with Crippen LogP contribution in [-0.4, -0.2) is 43.6 Å². The zero-order valence-corrected chi connectivity index (χ0v) is 16.4. The van der Waals surface area contributed by atoms with E-state index in [9.17, 15) is 13.2 Å². The van der Waals surface area contributed by atoms with Gasteiger partial charge < -0.3 is 10.3 Å². The van der Waals surface area contributed by atoms with Gasteiger partial charge in [-0.3, -0.25) is 4.40 Å². The molecule has 3 aromatic heterocycles. The molecule has 30 heavy (non-hydrogen) atoms. The maximum absolute atomic E-state index is 13.1. The minimum absolute atomic E-state index is 0.257. The van der Waals surface area contributed by atoms with E-state index in [1.807, 2.05) is 4.90 Å². The van der Waals surface area contributed by atoms with E-state index in [1.54, 1.807) is 17.7 Å². The quantitative estimate of drug-likeness (QED) is 0.485. The third-order valence-corrected chi connectivity index (χ3v) is 4.97. The van der Waals surface area contributed by atoms with Gasteiger partial charge in [0.05, 0.1) is 12.4 Å². The summed E-state index contributed by atoms with van der Waals surface area (Å²) in [5.74, 6) is 0.890. The summed E-state index contributed by atoms with van der Waals surface area (Å²) in [7, 11) is 0. The predicted molar refractivity (Wildman–Crippen MR) is 110 cm³/mol. The summed E-state index contributed by atoms with van der Waals surface area (Å²) in [5.41, 5.74) is 1.26. The monoisotopic (exact) mass is 431 g/mol. The normalized spacial score (nSPS) is 15.4. The Morgan fingerprint density at radius 3 is 2.77 bits per heavy atom. The van der Waals surface area contributed by atoms with Crippen LogP contribution in [-0.2, 0) is 6.18 Å². The van der Waals surface area contributed by atoms with Crippen molar-refractivity contribution in [2.24, 2.45) is 0 Å². The van der Waals surface area contributed by atoms with Gasteiger partial charge in [0.25, 0.3) is 0 Å². The highest BCUT2D eigenvalue weighted by molar-refractivity contribution is 7.83. The van der Waals surface area contributed by atoms with E-state index >= 15 is 0 Å². The van der Waals surface area contributed by atoms with Crippen LogP contribution in [0.15, 0.2) is 53.5 Å². The summed E-state index contributed by atoms with van der Waals surface area (Å²) in [5, 5.41) is 9.09. The lowest BCUT2D eigenvalue weighted by Crippen LogP contribution is -2.31. The molecule has 0 unspecified atom stereocenters. The van der Waals surface area contributed by atoms with Gasteiger partial charge in [0.15, 0.2) is 17.2 Å². The van der Waals surface area contributed by atoms with Crippen molar-refractivity contribution in [1.82, 2.24) is 24.3 Å². The molecule has 0 saturated carbocycles. The summed E-state index contributed by atoms with van der Waals surface area (Å²) < 4.78 is 40.5. The first-order chi connectivity index (χ1) is 14.4. The minimum atomic E-state index is -4.57. The van der Waals surface area contributed by atoms with Crippen molar-refractivity contribution in [3.8, 4) is 11.5 Å². The van der Waals surface area contributed by atoms with Crippen molar-refractivity contribution in [3.05, 3.63) is 59.2 Å². The molecule has 0 spiro atoms. The standard InChI is InChI=1S/C19H16F3N7S/c20-19(21,22)15-10-29-14(7-26-17(29)8-25-15)18-24-4-3-16(27-18)28-5-1-2-12(9-28)13(6-23)11-30/h2-4,6-8,10-11,23,30H,1,5,9H2/b13-11+,23-6?. The van der Waals surface area contributed by atoms with E-state index < -0.39 is 11.9 Å². The molecule has 3 aromatic rings. The maximum Gasteiger partial charge on any atom is 0.434 e. The number of nitrogens with zero attached hydrogens (tertiary/aromatic N) is 6. The molecule has 7 nitrogen and oxygen atoms in total. The molecule has 1 aliphatic rings. The molecule has 154 valence electrons. The lowest BCUT2D eigenvalue weighted by atomic mass is 10.0. The van der Waals surface area contributed by atoms with Crippen LogP contribution in [0.5, 0.6) is 0 Å². The molecule has 0 radical (unpaired) electrons. The molecule has 11 heteroatoms. The Morgan fingerprint density at radius 2 is 2.03 bits per heavy atom. The fraction of sp³-hybridized carbons (Fsp3) is 0.211. The molecule has 1 N–H and O–H groups in total. The van der Waals surface area contributed by atoms with Crippen molar-refractivity contribution in [2.45, 2.75) is 12.6 Å². The number of fused-ring (bicyclic) bond motifs is 1. The largest absolute Gasteiger partial charge is 0.434 e. The third kappa shape index (κ3) is 3.80. The minimum Gasteiger partial charge on any atom is -0.352 e. The number of hydrogen-bond donors (Lipinski definition) is 2. The van der Waals surface area contributed by atoms with E-state index in [4.69, 9.17) is 5.41 Å². The highest BCUT2D eigenvalue weighted by Crippen LogP contribution is 2.29. The summed E-state index contributed by atoms with van der Waals surface area (Å²) in [6.45, 7) is 1.25. The van der Waals surface area contributed by atoms with Crippen LogP contribution in [0.1, 0.15) is 12.1 Å². The summed E-state index contributed by atoms with van der Waals surface area (Å²) in [4.78, 5) is 18.3. The van der Waals surface area contributed by atoms with Gasteiger partial charge in [0.2, 0.25) is 0 Å². The lowest BCUT2D eigenvalue weighted by molar-refractivity contribution is -0.141. The molecule has 0 aromatic carbocycles. The second-order valence-electron chi connectivity index (χ2n) is 6.55. The van der Waals surface area contributed by atoms with Gasteiger partial charge in [-0.1, -0.05) is 6.08 Å². The molecule has 4 heterocycles. The first-order valence-electron chi connectivity index (χ1n) is 8.93. The third-order valence-electron chi connectivity index (χ3n) is 4.70. The van der Waals surface area contributed by atoms with Crippen LogP contribution >= 0.6 is 12.6 Å². The SMILES string of the molecule is N=C/C(=C\S)C1=CCCN(c2ccnc(-c3cnc4cnc(C(F)(F)F)cn34)n2)C1. The molecule has 0 aliphatic carbocycles. The highest BCUT2D eigenvalue weighted by Gasteiger charge is 2.33. The van der Waals surface area contributed by atoms with Gasteiger partial charge in [-0.05, 0) is 23.5 Å². The van der Waals surface area contributed by atoms with E-state index in [1.165, 1.54) is 16.8 Å².